The van der Waals surface area contributed by atoms with Crippen molar-refractivity contribution >= 4 is 23.4 Å². The normalized spacial score (nSPS) is 12.2. The van der Waals surface area contributed by atoms with Crippen molar-refractivity contribution in [3.8, 4) is 0 Å². The molecule has 1 aromatic carbocycles. The summed E-state index contributed by atoms with van der Waals surface area (Å²) in [5.74, 6) is 1.09. The molecular weight excluding hydrogens is 256 g/mol. The lowest BCUT2D eigenvalue weighted by molar-refractivity contribution is -0.117. The van der Waals surface area contributed by atoms with Crippen molar-refractivity contribution in [3.63, 3.8) is 0 Å². The molecule has 0 fully saturated rings. The molecule has 1 rings (SSSR count). The van der Waals surface area contributed by atoms with E-state index in [-0.39, 0.29) is 5.91 Å². The minimum Gasteiger partial charge on any atom is -0.324 e. The minimum atomic E-state index is -0.461. The first-order valence-electron chi connectivity index (χ1n) is 6.43. The van der Waals surface area contributed by atoms with Gasteiger partial charge in [-0.05, 0) is 24.5 Å². The maximum Gasteiger partial charge on any atom is 0.241 e. The van der Waals surface area contributed by atoms with Gasteiger partial charge in [0, 0.05) is 10.6 Å². The van der Waals surface area contributed by atoms with Gasteiger partial charge in [-0.1, -0.05) is 32.1 Å². The third-order valence-corrected chi connectivity index (χ3v) is 3.63. The molecule has 0 aliphatic heterocycles. The van der Waals surface area contributed by atoms with Crippen molar-refractivity contribution in [2.45, 2.75) is 31.2 Å². The fourth-order valence-corrected chi connectivity index (χ4v) is 2.43. The number of carbonyl (C=O) groups is 1. The number of para-hydroxylation sites is 1. The first-order valence-corrected chi connectivity index (χ1v) is 7.42. The van der Waals surface area contributed by atoms with Gasteiger partial charge in [0.05, 0.1) is 11.7 Å². The van der Waals surface area contributed by atoms with Crippen LogP contribution in [0.1, 0.15) is 20.3 Å². The van der Waals surface area contributed by atoms with Crippen molar-refractivity contribution in [1.82, 2.24) is 0 Å². The highest BCUT2D eigenvalue weighted by Gasteiger charge is 2.16. The fraction of sp³-hybridized carbons (Fsp3) is 0.400. The van der Waals surface area contributed by atoms with E-state index in [9.17, 15) is 4.79 Å². The SMILES string of the molecule is C=CCSc1ccccc1NC(=O)[C@H](N)CC(C)C. The highest BCUT2D eigenvalue weighted by atomic mass is 32.2. The van der Waals surface area contributed by atoms with E-state index in [0.717, 1.165) is 16.3 Å². The van der Waals surface area contributed by atoms with Gasteiger partial charge in [0.1, 0.15) is 0 Å². The number of hydrogen-bond donors (Lipinski definition) is 2. The lowest BCUT2D eigenvalue weighted by Crippen LogP contribution is -2.36. The predicted molar refractivity (Wildman–Crippen MR) is 83.4 cm³/mol. The lowest BCUT2D eigenvalue weighted by atomic mass is 10.0. The second kappa shape index (κ2) is 8.02. The molecule has 1 amide bonds. The molecule has 3 N–H and O–H groups in total. The summed E-state index contributed by atoms with van der Waals surface area (Å²) in [5, 5.41) is 2.91. The van der Waals surface area contributed by atoms with Crippen LogP contribution in [0, 0.1) is 5.92 Å². The van der Waals surface area contributed by atoms with Gasteiger partial charge in [0.15, 0.2) is 0 Å². The molecule has 0 aromatic heterocycles. The molecule has 19 heavy (non-hydrogen) atoms. The predicted octanol–water partition coefficient (Wildman–Crippen LogP) is 3.28. The number of rotatable bonds is 7. The molecule has 0 aliphatic carbocycles. The van der Waals surface area contributed by atoms with E-state index in [4.69, 9.17) is 5.73 Å². The average Bonchev–Trinajstić information content (AvgIpc) is 2.36. The van der Waals surface area contributed by atoms with E-state index in [1.165, 1.54) is 0 Å². The van der Waals surface area contributed by atoms with E-state index >= 15 is 0 Å². The summed E-state index contributed by atoms with van der Waals surface area (Å²) in [6, 6.07) is 7.28. The summed E-state index contributed by atoms with van der Waals surface area (Å²) in [5.41, 5.74) is 6.70. The summed E-state index contributed by atoms with van der Waals surface area (Å²) in [7, 11) is 0. The Bertz CT molecular complexity index is 432. The maximum absolute atomic E-state index is 12.0. The zero-order chi connectivity index (χ0) is 14.3. The molecule has 1 aromatic rings. The number of anilines is 1. The van der Waals surface area contributed by atoms with Crippen LogP contribution in [0.25, 0.3) is 0 Å². The first kappa shape index (κ1) is 15.8. The summed E-state index contributed by atoms with van der Waals surface area (Å²) >= 11 is 1.64. The molecule has 0 saturated carbocycles. The van der Waals surface area contributed by atoms with Crippen LogP contribution >= 0.6 is 11.8 Å². The third-order valence-electron chi connectivity index (χ3n) is 2.56. The van der Waals surface area contributed by atoms with Crippen LogP contribution in [0.5, 0.6) is 0 Å². The Labute approximate surface area is 119 Å². The van der Waals surface area contributed by atoms with Crippen LogP contribution in [0.15, 0.2) is 41.8 Å². The maximum atomic E-state index is 12.0. The van der Waals surface area contributed by atoms with Crippen LogP contribution < -0.4 is 11.1 Å². The second-order valence-electron chi connectivity index (χ2n) is 4.82. The van der Waals surface area contributed by atoms with Crippen LogP contribution in [0.3, 0.4) is 0 Å². The van der Waals surface area contributed by atoms with E-state index in [0.29, 0.717) is 12.3 Å². The van der Waals surface area contributed by atoms with Gasteiger partial charge in [-0.15, -0.1) is 18.3 Å². The first-order chi connectivity index (χ1) is 9.04. The molecule has 3 nitrogen and oxygen atoms in total. The number of nitrogens with one attached hydrogen (secondary N) is 1. The molecular formula is C15H22N2OS. The lowest BCUT2D eigenvalue weighted by Gasteiger charge is -2.15. The Balaban J connectivity index is 2.70. The van der Waals surface area contributed by atoms with Gasteiger partial charge in [-0.3, -0.25) is 4.79 Å². The molecule has 0 radical (unpaired) electrons. The Morgan fingerprint density at radius 2 is 2.16 bits per heavy atom. The zero-order valence-electron chi connectivity index (χ0n) is 11.6. The smallest absolute Gasteiger partial charge is 0.241 e. The molecule has 4 heteroatoms. The number of thioether (sulfide) groups is 1. The zero-order valence-corrected chi connectivity index (χ0v) is 12.4. The van der Waals surface area contributed by atoms with Gasteiger partial charge in [0.2, 0.25) is 5.91 Å². The van der Waals surface area contributed by atoms with E-state index in [2.05, 4.69) is 25.7 Å². The molecule has 0 saturated heterocycles. The topological polar surface area (TPSA) is 55.1 Å². The Morgan fingerprint density at radius 1 is 1.47 bits per heavy atom. The highest BCUT2D eigenvalue weighted by molar-refractivity contribution is 7.99. The van der Waals surface area contributed by atoms with E-state index < -0.39 is 6.04 Å². The number of nitrogens with two attached hydrogens (primary N) is 1. The Kier molecular flexibility index (Phi) is 6.67. The van der Waals surface area contributed by atoms with Crippen molar-refractivity contribution in [1.29, 1.82) is 0 Å². The van der Waals surface area contributed by atoms with Crippen molar-refractivity contribution < 1.29 is 4.79 Å². The van der Waals surface area contributed by atoms with Gasteiger partial charge in [-0.2, -0.15) is 0 Å². The Morgan fingerprint density at radius 3 is 2.79 bits per heavy atom. The van der Waals surface area contributed by atoms with Crippen LogP contribution in [-0.4, -0.2) is 17.7 Å². The van der Waals surface area contributed by atoms with Crippen LogP contribution in [-0.2, 0) is 4.79 Å². The highest BCUT2D eigenvalue weighted by Crippen LogP contribution is 2.27. The number of hydrogen-bond acceptors (Lipinski definition) is 3. The minimum absolute atomic E-state index is 0.125. The monoisotopic (exact) mass is 278 g/mol. The second-order valence-corrected chi connectivity index (χ2v) is 5.88. The van der Waals surface area contributed by atoms with Gasteiger partial charge >= 0.3 is 0 Å². The quantitative estimate of drug-likeness (QED) is 0.594. The molecule has 0 bridgehead atoms. The number of carbonyl (C=O) groups excluding carboxylic acids is 1. The van der Waals surface area contributed by atoms with Gasteiger partial charge in [0.25, 0.3) is 0 Å². The third kappa shape index (κ3) is 5.49. The number of benzene rings is 1. The molecule has 0 unspecified atom stereocenters. The standard InChI is InChI=1S/C15H22N2OS/c1-4-9-19-14-8-6-5-7-13(14)17-15(18)12(16)10-11(2)3/h4-8,11-12H,1,9-10,16H2,2-3H3,(H,17,18)/t12-/m1/s1. The molecule has 0 spiro atoms. The van der Waals surface area contributed by atoms with Gasteiger partial charge < -0.3 is 11.1 Å². The van der Waals surface area contributed by atoms with Crippen LogP contribution in [0.4, 0.5) is 5.69 Å². The number of amides is 1. The van der Waals surface area contributed by atoms with Crippen molar-refractivity contribution in [2.75, 3.05) is 11.1 Å². The summed E-state index contributed by atoms with van der Waals surface area (Å²) < 4.78 is 0. The van der Waals surface area contributed by atoms with Crippen molar-refractivity contribution in [2.24, 2.45) is 11.7 Å². The molecule has 104 valence electrons. The van der Waals surface area contributed by atoms with E-state index in [1.54, 1.807) is 11.8 Å². The average molecular weight is 278 g/mol. The van der Waals surface area contributed by atoms with Gasteiger partial charge in [-0.25, -0.2) is 0 Å². The van der Waals surface area contributed by atoms with Crippen LogP contribution in [0.2, 0.25) is 0 Å². The van der Waals surface area contributed by atoms with Crippen molar-refractivity contribution in [3.05, 3.63) is 36.9 Å². The molecule has 0 heterocycles. The summed E-state index contributed by atoms with van der Waals surface area (Å²) in [4.78, 5) is 13.0. The molecule has 0 aliphatic rings. The largest absolute Gasteiger partial charge is 0.324 e. The summed E-state index contributed by atoms with van der Waals surface area (Å²) in [6.07, 6.45) is 2.53. The fourth-order valence-electron chi connectivity index (χ4n) is 1.68. The van der Waals surface area contributed by atoms with E-state index in [1.807, 2.05) is 30.3 Å². The summed E-state index contributed by atoms with van der Waals surface area (Å²) in [6.45, 7) is 7.81. The molecule has 1 atom stereocenters. The Hall–Kier alpha value is -1.26.